The second-order valence-corrected chi connectivity index (χ2v) is 7.11. The van der Waals surface area contributed by atoms with E-state index >= 15 is 0 Å². The van der Waals surface area contributed by atoms with Gasteiger partial charge in [-0.25, -0.2) is 0 Å². The van der Waals surface area contributed by atoms with Crippen LogP contribution < -0.4 is 0 Å². The second kappa shape index (κ2) is 5.80. The van der Waals surface area contributed by atoms with Crippen molar-refractivity contribution in [2.24, 2.45) is 35.5 Å². The number of rotatable bonds is 6. The fourth-order valence-electron chi connectivity index (χ4n) is 4.49. The zero-order valence-corrected chi connectivity index (χ0v) is 12.9. The molecule has 0 aromatic carbocycles. The Hall–Kier alpha value is -0.260. The third-order valence-corrected chi connectivity index (χ3v) is 6.34. The third-order valence-electron chi connectivity index (χ3n) is 6.34. The molecule has 2 rings (SSSR count). The van der Waals surface area contributed by atoms with E-state index in [4.69, 9.17) is 0 Å². The topological polar surface area (TPSA) is 0 Å². The van der Waals surface area contributed by atoms with Crippen LogP contribution in [0.2, 0.25) is 0 Å². The van der Waals surface area contributed by atoms with Gasteiger partial charge in [0.25, 0.3) is 0 Å². The molecule has 2 fully saturated rings. The van der Waals surface area contributed by atoms with Gasteiger partial charge >= 0.3 is 0 Å². The van der Waals surface area contributed by atoms with Crippen molar-refractivity contribution in [3.05, 3.63) is 12.2 Å². The highest BCUT2D eigenvalue weighted by molar-refractivity contribution is 5.03. The van der Waals surface area contributed by atoms with Crippen molar-refractivity contribution in [1.82, 2.24) is 0 Å². The monoisotopic (exact) mass is 248 g/mol. The Bertz CT molecular complexity index is 280. The second-order valence-electron chi connectivity index (χ2n) is 7.11. The normalized spacial score (nSPS) is 36.9. The molecule has 0 aromatic rings. The number of hydrogen-bond acceptors (Lipinski definition) is 0. The average Bonchev–Trinajstić information content (AvgIpc) is 2.26. The minimum atomic E-state index is 0.757. The smallest absolute Gasteiger partial charge is 0.0209 e. The lowest BCUT2D eigenvalue weighted by Gasteiger charge is -2.52. The van der Waals surface area contributed by atoms with Crippen LogP contribution in [0.5, 0.6) is 0 Å². The average molecular weight is 248 g/mol. The molecule has 18 heavy (non-hydrogen) atoms. The van der Waals surface area contributed by atoms with Gasteiger partial charge in [0.2, 0.25) is 0 Å². The van der Waals surface area contributed by atoms with Gasteiger partial charge < -0.3 is 0 Å². The van der Waals surface area contributed by atoms with E-state index in [0.29, 0.717) is 0 Å². The number of allylic oxidation sites excluding steroid dienone is 1. The van der Waals surface area contributed by atoms with Gasteiger partial charge in [0.05, 0.1) is 0 Å². The van der Waals surface area contributed by atoms with Crippen LogP contribution in [0, 0.1) is 35.5 Å². The molecule has 0 aromatic heterocycles. The first-order valence-corrected chi connectivity index (χ1v) is 8.23. The fraction of sp³-hybridized carbons (Fsp3) is 0.889. The molecule has 0 aliphatic heterocycles. The molecule has 0 saturated heterocycles. The van der Waals surface area contributed by atoms with E-state index in [2.05, 4.69) is 34.3 Å². The molecule has 0 amide bonds. The Morgan fingerprint density at radius 3 is 2.17 bits per heavy atom. The molecule has 3 unspecified atom stereocenters. The highest BCUT2D eigenvalue weighted by Crippen LogP contribution is 2.55. The molecule has 2 aliphatic carbocycles. The lowest BCUT2D eigenvalue weighted by atomic mass is 9.53. The molecular formula is C18H32. The van der Waals surface area contributed by atoms with Gasteiger partial charge in [0, 0.05) is 0 Å². The van der Waals surface area contributed by atoms with E-state index < -0.39 is 0 Å². The molecule has 0 radical (unpaired) electrons. The van der Waals surface area contributed by atoms with Gasteiger partial charge in [-0.05, 0) is 68.1 Å². The molecule has 0 spiro atoms. The van der Waals surface area contributed by atoms with Crippen LogP contribution in [0.15, 0.2) is 12.2 Å². The van der Waals surface area contributed by atoms with Gasteiger partial charge in [-0.3, -0.25) is 0 Å². The zero-order valence-electron chi connectivity index (χ0n) is 12.9. The van der Waals surface area contributed by atoms with Gasteiger partial charge in [-0.15, -0.1) is 0 Å². The Labute approximate surface area is 114 Å². The van der Waals surface area contributed by atoms with Crippen molar-refractivity contribution >= 4 is 0 Å². The summed E-state index contributed by atoms with van der Waals surface area (Å²) in [7, 11) is 0. The van der Waals surface area contributed by atoms with Crippen LogP contribution >= 0.6 is 0 Å². The Kier molecular flexibility index (Phi) is 4.56. The highest BCUT2D eigenvalue weighted by atomic mass is 14.5. The van der Waals surface area contributed by atoms with E-state index in [9.17, 15) is 0 Å². The van der Waals surface area contributed by atoms with E-state index in [1.807, 2.05) is 0 Å². The predicted molar refractivity (Wildman–Crippen MR) is 80.5 cm³/mol. The molecule has 0 N–H and O–H groups in total. The molecule has 2 saturated carbocycles. The first kappa shape index (κ1) is 14.2. The van der Waals surface area contributed by atoms with Crippen molar-refractivity contribution < 1.29 is 0 Å². The summed E-state index contributed by atoms with van der Waals surface area (Å²) in [6, 6.07) is 0. The molecule has 104 valence electrons. The van der Waals surface area contributed by atoms with Crippen molar-refractivity contribution in [2.45, 2.75) is 66.2 Å². The summed E-state index contributed by atoms with van der Waals surface area (Å²) >= 11 is 0. The van der Waals surface area contributed by atoms with Gasteiger partial charge in [-0.2, -0.15) is 0 Å². The van der Waals surface area contributed by atoms with Crippen molar-refractivity contribution in [2.75, 3.05) is 0 Å². The van der Waals surface area contributed by atoms with Gasteiger partial charge in [0.15, 0.2) is 0 Å². The minimum Gasteiger partial charge on any atom is -0.0999 e. The zero-order chi connectivity index (χ0) is 13.3. The van der Waals surface area contributed by atoms with E-state index in [1.54, 1.807) is 0 Å². The molecular weight excluding hydrogens is 216 g/mol. The predicted octanol–water partition coefficient (Wildman–Crippen LogP) is 5.69. The van der Waals surface area contributed by atoms with Crippen LogP contribution in [-0.4, -0.2) is 0 Å². The SMILES string of the molecule is C=C(C)C(C)C1CC(C2CCC2C(CC)CC)C1. The summed E-state index contributed by atoms with van der Waals surface area (Å²) in [5, 5.41) is 0. The lowest BCUT2D eigenvalue weighted by Crippen LogP contribution is -2.43. The minimum absolute atomic E-state index is 0.757. The Morgan fingerprint density at radius 1 is 1.17 bits per heavy atom. The van der Waals surface area contributed by atoms with Crippen molar-refractivity contribution in [1.29, 1.82) is 0 Å². The molecule has 0 nitrogen and oxygen atoms in total. The largest absolute Gasteiger partial charge is 0.0999 e. The Morgan fingerprint density at radius 2 is 1.78 bits per heavy atom. The summed E-state index contributed by atoms with van der Waals surface area (Å²) in [6.45, 7) is 13.5. The van der Waals surface area contributed by atoms with Crippen LogP contribution in [0.4, 0.5) is 0 Å². The molecule has 2 aliphatic rings. The van der Waals surface area contributed by atoms with Gasteiger partial charge in [-0.1, -0.05) is 45.8 Å². The third kappa shape index (κ3) is 2.53. The maximum atomic E-state index is 4.13. The molecule has 3 atom stereocenters. The summed E-state index contributed by atoms with van der Waals surface area (Å²) in [5.74, 6) is 5.95. The van der Waals surface area contributed by atoms with Crippen LogP contribution in [0.3, 0.4) is 0 Å². The summed E-state index contributed by atoms with van der Waals surface area (Å²) < 4.78 is 0. The van der Waals surface area contributed by atoms with E-state index in [1.165, 1.54) is 44.1 Å². The standard InChI is InChI=1S/C18H32/c1-6-14(7-2)17-8-9-18(17)16-10-15(11-16)13(5)12(3)4/h13-18H,3,6-11H2,1-2,4-5H3. The fourth-order valence-corrected chi connectivity index (χ4v) is 4.49. The maximum absolute atomic E-state index is 4.13. The van der Waals surface area contributed by atoms with Crippen LogP contribution in [-0.2, 0) is 0 Å². The first-order chi connectivity index (χ1) is 8.58. The quantitative estimate of drug-likeness (QED) is 0.530. The first-order valence-electron chi connectivity index (χ1n) is 8.23. The van der Waals surface area contributed by atoms with E-state index in [-0.39, 0.29) is 0 Å². The Balaban J connectivity index is 1.80. The van der Waals surface area contributed by atoms with Crippen LogP contribution in [0.25, 0.3) is 0 Å². The lowest BCUT2D eigenvalue weighted by molar-refractivity contribution is -0.0203. The summed E-state index contributed by atoms with van der Waals surface area (Å²) in [6.07, 6.45) is 8.84. The van der Waals surface area contributed by atoms with E-state index in [0.717, 1.165) is 35.5 Å². The molecule has 0 heteroatoms. The van der Waals surface area contributed by atoms with Crippen molar-refractivity contribution in [3.63, 3.8) is 0 Å². The highest BCUT2D eigenvalue weighted by Gasteiger charge is 2.45. The molecule has 0 bridgehead atoms. The summed E-state index contributed by atoms with van der Waals surface area (Å²) in [4.78, 5) is 0. The summed E-state index contributed by atoms with van der Waals surface area (Å²) in [5.41, 5.74) is 1.39. The molecule has 0 heterocycles. The van der Waals surface area contributed by atoms with Gasteiger partial charge in [0.1, 0.15) is 0 Å². The number of hydrogen-bond donors (Lipinski definition) is 0. The maximum Gasteiger partial charge on any atom is -0.0209 e. The van der Waals surface area contributed by atoms with Crippen LogP contribution in [0.1, 0.15) is 66.2 Å². The van der Waals surface area contributed by atoms with Crippen molar-refractivity contribution in [3.8, 4) is 0 Å².